The lowest BCUT2D eigenvalue weighted by Gasteiger charge is -2.23. The molecule has 0 amide bonds. The Hall–Kier alpha value is -3.78. The second-order valence-electron chi connectivity index (χ2n) is 9.79. The van der Waals surface area contributed by atoms with Crippen molar-refractivity contribution in [3.63, 3.8) is 0 Å². The molecule has 1 atom stereocenters. The molecule has 2 aromatic carbocycles. The van der Waals surface area contributed by atoms with Crippen LogP contribution in [0, 0.1) is 17.6 Å². The van der Waals surface area contributed by atoms with Crippen LogP contribution in [0.15, 0.2) is 54.9 Å². The fourth-order valence-electron chi connectivity index (χ4n) is 5.14. The number of carbonyl (C=O) groups excluding carboxylic acids is 2. The lowest BCUT2D eigenvalue weighted by Crippen LogP contribution is -2.23. The number of pyridine rings is 1. The van der Waals surface area contributed by atoms with Crippen molar-refractivity contribution in [1.29, 1.82) is 0 Å². The Balaban J connectivity index is 1.61. The summed E-state index contributed by atoms with van der Waals surface area (Å²) in [5.41, 5.74) is 1.20. The summed E-state index contributed by atoms with van der Waals surface area (Å²) in [7, 11) is 1.49. The summed E-state index contributed by atoms with van der Waals surface area (Å²) in [4.78, 5) is 31.1. The fourth-order valence-corrected chi connectivity index (χ4v) is 5.26. The highest BCUT2D eigenvalue weighted by molar-refractivity contribution is 6.30. The molecule has 0 spiro atoms. The van der Waals surface area contributed by atoms with E-state index in [1.54, 1.807) is 35.9 Å². The van der Waals surface area contributed by atoms with E-state index in [1.165, 1.54) is 19.3 Å². The number of benzene rings is 2. The van der Waals surface area contributed by atoms with Gasteiger partial charge in [-0.25, -0.2) is 13.8 Å². The Morgan fingerprint density at radius 2 is 1.79 bits per heavy atom. The average molecular weight is 552 g/mol. The summed E-state index contributed by atoms with van der Waals surface area (Å²) in [6, 6.07) is 11.1. The van der Waals surface area contributed by atoms with Crippen LogP contribution in [-0.4, -0.2) is 28.4 Å². The van der Waals surface area contributed by atoms with Crippen LogP contribution in [0.3, 0.4) is 0 Å². The molecule has 1 unspecified atom stereocenters. The second-order valence-corrected chi connectivity index (χ2v) is 10.2. The highest BCUT2D eigenvalue weighted by Crippen LogP contribution is 2.33. The van der Waals surface area contributed by atoms with Crippen LogP contribution in [0.2, 0.25) is 5.02 Å². The quantitative estimate of drug-likeness (QED) is 0.190. The summed E-state index contributed by atoms with van der Waals surface area (Å²) >= 11 is 6.04. The molecule has 0 radical (unpaired) electrons. The molecule has 9 heteroatoms. The fraction of sp³-hybridized carbons (Fsp3) is 0.300. The summed E-state index contributed by atoms with van der Waals surface area (Å²) in [6.45, 7) is 1.69. The Morgan fingerprint density at radius 1 is 1.08 bits per heavy atom. The molecular formula is C30H28ClF2N3O3. The molecule has 0 bridgehead atoms. The number of hydrogen-bond donors (Lipinski definition) is 1. The molecule has 202 valence electrons. The third-order valence-electron chi connectivity index (χ3n) is 7.30. The zero-order valence-corrected chi connectivity index (χ0v) is 22.4. The van der Waals surface area contributed by atoms with Crippen molar-refractivity contribution < 1.29 is 23.1 Å². The molecule has 6 nitrogen and oxygen atoms in total. The number of esters is 1. The maximum absolute atomic E-state index is 15.2. The molecule has 2 heterocycles. The first-order valence-corrected chi connectivity index (χ1v) is 13.3. The van der Waals surface area contributed by atoms with Crippen molar-refractivity contribution in [2.75, 3.05) is 12.4 Å². The third kappa shape index (κ3) is 5.26. The number of rotatable bonds is 7. The van der Waals surface area contributed by atoms with Gasteiger partial charge in [-0.1, -0.05) is 43.0 Å². The van der Waals surface area contributed by atoms with Crippen molar-refractivity contribution in [2.45, 2.75) is 45.3 Å². The van der Waals surface area contributed by atoms with E-state index in [9.17, 15) is 14.0 Å². The number of anilines is 1. The highest BCUT2D eigenvalue weighted by Gasteiger charge is 2.29. The van der Waals surface area contributed by atoms with Crippen molar-refractivity contribution in [3.05, 3.63) is 82.6 Å². The minimum atomic E-state index is -0.984. The second kappa shape index (κ2) is 11.1. The van der Waals surface area contributed by atoms with E-state index < -0.39 is 29.2 Å². The van der Waals surface area contributed by atoms with E-state index in [2.05, 4.69) is 10.3 Å². The molecule has 5 rings (SSSR count). The Kier molecular flexibility index (Phi) is 7.66. The number of hydrogen-bond acceptors (Lipinski definition) is 5. The smallest absolute Gasteiger partial charge is 0.310 e. The number of halogens is 3. The van der Waals surface area contributed by atoms with E-state index >= 15 is 4.39 Å². The van der Waals surface area contributed by atoms with Gasteiger partial charge in [-0.05, 0) is 55.7 Å². The minimum absolute atomic E-state index is 0.00162. The van der Waals surface area contributed by atoms with Crippen LogP contribution in [0.4, 0.5) is 14.5 Å². The largest absolute Gasteiger partial charge is 0.441 e. The Labute approximate surface area is 229 Å². The maximum atomic E-state index is 15.2. The van der Waals surface area contributed by atoms with Crippen LogP contribution < -0.4 is 5.32 Å². The normalized spacial score (nSPS) is 14.8. The van der Waals surface area contributed by atoms with Crippen LogP contribution in [0.25, 0.3) is 22.2 Å². The number of aromatic nitrogens is 2. The van der Waals surface area contributed by atoms with Gasteiger partial charge in [0.2, 0.25) is 5.78 Å². The SMILES string of the molecule is CNc1ccc(F)c(C(=O)c2cn(C(C)OC(=O)C3CCCCC3)c3ncc(-c4ccc(Cl)cc4)cc23)c1F. The average Bonchev–Trinajstić information content (AvgIpc) is 3.33. The zero-order valence-electron chi connectivity index (χ0n) is 21.6. The van der Waals surface area contributed by atoms with Crippen LogP contribution >= 0.6 is 11.6 Å². The lowest BCUT2D eigenvalue weighted by atomic mass is 9.89. The summed E-state index contributed by atoms with van der Waals surface area (Å²) in [5.74, 6) is -3.26. The first-order valence-electron chi connectivity index (χ1n) is 13.0. The van der Waals surface area contributed by atoms with Crippen molar-refractivity contribution in [2.24, 2.45) is 5.92 Å². The first kappa shape index (κ1) is 26.8. The van der Waals surface area contributed by atoms with E-state index in [0.717, 1.165) is 43.7 Å². The van der Waals surface area contributed by atoms with Gasteiger partial charge in [-0.2, -0.15) is 0 Å². The van der Waals surface area contributed by atoms with Gasteiger partial charge >= 0.3 is 5.97 Å². The highest BCUT2D eigenvalue weighted by atomic mass is 35.5. The number of nitrogens with one attached hydrogen (secondary N) is 1. The summed E-state index contributed by atoms with van der Waals surface area (Å²) in [5, 5.41) is 3.58. The number of ketones is 1. The maximum Gasteiger partial charge on any atom is 0.310 e. The van der Waals surface area contributed by atoms with Gasteiger partial charge in [-0.15, -0.1) is 0 Å². The van der Waals surface area contributed by atoms with Gasteiger partial charge in [0.15, 0.2) is 12.0 Å². The molecular weight excluding hydrogens is 524 g/mol. The molecule has 1 aliphatic carbocycles. The van der Waals surface area contributed by atoms with Crippen molar-refractivity contribution in [1.82, 2.24) is 9.55 Å². The molecule has 0 saturated heterocycles. The lowest BCUT2D eigenvalue weighted by molar-refractivity contribution is -0.158. The topological polar surface area (TPSA) is 73.2 Å². The van der Waals surface area contributed by atoms with E-state index in [4.69, 9.17) is 16.3 Å². The molecule has 2 aromatic heterocycles. The predicted molar refractivity (Wildman–Crippen MR) is 147 cm³/mol. The van der Waals surface area contributed by atoms with Gasteiger partial charge in [-0.3, -0.25) is 14.2 Å². The van der Waals surface area contributed by atoms with Crippen LogP contribution in [0.1, 0.15) is 61.2 Å². The van der Waals surface area contributed by atoms with Gasteiger partial charge in [0.05, 0.1) is 22.7 Å². The molecule has 1 fully saturated rings. The molecule has 1 saturated carbocycles. The molecule has 1 aliphatic rings. The van der Waals surface area contributed by atoms with E-state index in [-0.39, 0.29) is 23.1 Å². The zero-order chi connectivity index (χ0) is 27.7. The Bertz CT molecular complexity index is 1550. The van der Waals surface area contributed by atoms with Gasteiger partial charge in [0.25, 0.3) is 0 Å². The van der Waals surface area contributed by atoms with Crippen LogP contribution in [0.5, 0.6) is 0 Å². The molecule has 39 heavy (non-hydrogen) atoms. The monoisotopic (exact) mass is 551 g/mol. The van der Waals surface area contributed by atoms with Crippen molar-refractivity contribution >= 4 is 40.1 Å². The molecule has 1 N–H and O–H groups in total. The minimum Gasteiger partial charge on any atom is -0.441 e. The molecule has 0 aliphatic heterocycles. The standard InChI is InChI=1S/C30H28ClF2N3O3/c1-17(39-30(38)19-6-4-3-5-7-19)36-16-23(28(37)26-24(32)12-13-25(34-2)27(26)33)22-14-20(15-35-29(22)36)18-8-10-21(31)11-9-18/h8-17,19,34H,3-7H2,1-2H3. The Morgan fingerprint density at radius 3 is 2.49 bits per heavy atom. The number of nitrogens with zero attached hydrogens (tertiary/aromatic N) is 2. The van der Waals surface area contributed by atoms with Gasteiger partial charge in [0, 0.05) is 35.4 Å². The summed E-state index contributed by atoms with van der Waals surface area (Å²) < 4.78 is 37.4. The number of fused-ring (bicyclic) bond motifs is 1. The van der Waals surface area contributed by atoms with Gasteiger partial charge in [0.1, 0.15) is 11.5 Å². The third-order valence-corrected chi connectivity index (χ3v) is 7.55. The van der Waals surface area contributed by atoms with Crippen LogP contribution in [-0.2, 0) is 9.53 Å². The molecule has 4 aromatic rings. The first-order chi connectivity index (χ1) is 18.8. The van der Waals surface area contributed by atoms with Gasteiger partial charge < -0.3 is 10.1 Å². The van der Waals surface area contributed by atoms with E-state index in [1.807, 2.05) is 12.1 Å². The number of carbonyl (C=O) groups is 2. The summed E-state index contributed by atoms with van der Waals surface area (Å²) in [6.07, 6.45) is 6.93. The van der Waals surface area contributed by atoms with Crippen molar-refractivity contribution in [3.8, 4) is 11.1 Å². The number of ether oxygens (including phenoxy) is 1. The predicted octanol–water partition coefficient (Wildman–Crippen LogP) is 7.55. The van der Waals surface area contributed by atoms with E-state index in [0.29, 0.717) is 21.6 Å².